The van der Waals surface area contributed by atoms with Crippen LogP contribution in [0.5, 0.6) is 5.75 Å². The van der Waals surface area contributed by atoms with Crippen molar-refractivity contribution in [2.45, 2.75) is 19.6 Å². The summed E-state index contributed by atoms with van der Waals surface area (Å²) in [6, 6.07) is 21.6. The highest BCUT2D eigenvalue weighted by molar-refractivity contribution is 7.07. The van der Waals surface area contributed by atoms with E-state index in [1.165, 1.54) is 23.0 Å². The molecular weight excluding hydrogens is 543 g/mol. The first-order valence-corrected chi connectivity index (χ1v) is 13.3. The third-order valence-corrected chi connectivity index (χ3v) is 7.67. The molecule has 0 saturated heterocycles. The van der Waals surface area contributed by atoms with Crippen LogP contribution in [0.15, 0.2) is 93.9 Å². The number of methoxy groups -OCH3 is 1. The Hall–Kier alpha value is -3.65. The van der Waals surface area contributed by atoms with Crippen molar-refractivity contribution in [3.05, 3.63) is 130 Å². The summed E-state index contributed by atoms with van der Waals surface area (Å²) in [6.07, 6.45) is 1.71. The molecule has 0 fully saturated rings. The summed E-state index contributed by atoms with van der Waals surface area (Å²) in [5.74, 6) is 0.124. The normalized spacial score (nSPS) is 15.2. The van der Waals surface area contributed by atoms with Crippen molar-refractivity contribution in [3.8, 4) is 5.75 Å². The van der Waals surface area contributed by atoms with Gasteiger partial charge in [0, 0.05) is 10.0 Å². The Kier molecular flexibility index (Phi) is 7.51. The number of esters is 1. The monoisotopic (exact) mass is 564 g/mol. The molecule has 1 atom stereocenters. The van der Waals surface area contributed by atoms with E-state index in [-0.39, 0.29) is 5.56 Å². The van der Waals surface area contributed by atoms with Gasteiger partial charge in [0.15, 0.2) is 4.80 Å². The topological polar surface area (TPSA) is 69.9 Å². The maximum absolute atomic E-state index is 13.7. The quantitative estimate of drug-likeness (QED) is 0.298. The van der Waals surface area contributed by atoms with Crippen molar-refractivity contribution in [2.75, 3.05) is 7.11 Å². The highest BCUT2D eigenvalue weighted by Gasteiger charge is 2.33. The average molecular weight is 565 g/mol. The van der Waals surface area contributed by atoms with E-state index >= 15 is 0 Å². The van der Waals surface area contributed by atoms with Gasteiger partial charge in [-0.25, -0.2) is 9.79 Å². The molecule has 9 heteroatoms. The van der Waals surface area contributed by atoms with Crippen LogP contribution in [-0.2, 0) is 16.1 Å². The summed E-state index contributed by atoms with van der Waals surface area (Å²) in [5.41, 5.74) is 2.93. The molecule has 6 nitrogen and oxygen atoms in total. The highest BCUT2D eigenvalue weighted by Crippen LogP contribution is 2.31. The van der Waals surface area contributed by atoms with Gasteiger partial charge in [0.25, 0.3) is 5.56 Å². The number of nitrogens with zero attached hydrogens (tertiary/aromatic N) is 2. The fourth-order valence-corrected chi connectivity index (χ4v) is 5.76. The standard InChI is InChI=1S/C29H22Cl2N2O4S/c1-17-25(28(35)36-2)26(19-9-12-22(13-10-19)37-16-18-6-4-3-5-7-18)33-27(34)24(38-29(33)32-17)14-20-8-11-21(30)15-23(20)31/h3-15,26H,16H2,1-2H3/b24-14-. The molecule has 0 amide bonds. The number of benzene rings is 3. The van der Waals surface area contributed by atoms with Gasteiger partial charge in [0.2, 0.25) is 0 Å². The number of halogens is 2. The molecule has 5 rings (SSSR count). The summed E-state index contributed by atoms with van der Waals surface area (Å²) in [6.45, 7) is 2.17. The van der Waals surface area contributed by atoms with Crippen molar-refractivity contribution in [2.24, 2.45) is 4.99 Å². The average Bonchev–Trinajstić information content (AvgIpc) is 3.23. The van der Waals surface area contributed by atoms with Crippen LogP contribution in [0, 0.1) is 0 Å². The molecule has 0 spiro atoms. The SMILES string of the molecule is COC(=O)C1=C(C)N=c2s/c(=C\c3ccc(Cl)cc3Cl)c(=O)n2C1c1ccc(OCc2ccccc2)cc1. The van der Waals surface area contributed by atoms with Gasteiger partial charge in [-0.1, -0.05) is 83.1 Å². The van der Waals surface area contributed by atoms with Crippen LogP contribution in [0.2, 0.25) is 10.0 Å². The number of hydrogen-bond acceptors (Lipinski definition) is 6. The number of rotatable bonds is 6. The van der Waals surface area contributed by atoms with Gasteiger partial charge in [-0.2, -0.15) is 0 Å². The van der Waals surface area contributed by atoms with Crippen LogP contribution >= 0.6 is 34.5 Å². The highest BCUT2D eigenvalue weighted by atomic mass is 35.5. The summed E-state index contributed by atoms with van der Waals surface area (Å²) in [4.78, 5) is 31.6. The predicted octanol–water partition coefficient (Wildman–Crippen LogP) is 5.29. The van der Waals surface area contributed by atoms with Crippen LogP contribution < -0.4 is 19.6 Å². The number of carbonyl (C=O) groups excluding carboxylic acids is 1. The Balaban J connectivity index is 1.57. The Morgan fingerprint density at radius 2 is 1.82 bits per heavy atom. The molecule has 1 unspecified atom stereocenters. The van der Waals surface area contributed by atoms with E-state index in [0.717, 1.165) is 11.1 Å². The Morgan fingerprint density at radius 3 is 2.50 bits per heavy atom. The third-order valence-electron chi connectivity index (χ3n) is 6.12. The summed E-state index contributed by atoms with van der Waals surface area (Å²) >= 11 is 13.6. The smallest absolute Gasteiger partial charge is 0.338 e. The van der Waals surface area contributed by atoms with E-state index in [1.807, 2.05) is 54.6 Å². The molecule has 0 aliphatic carbocycles. The zero-order chi connectivity index (χ0) is 26.8. The zero-order valence-corrected chi connectivity index (χ0v) is 22.8. The van der Waals surface area contributed by atoms with E-state index in [1.54, 1.807) is 31.2 Å². The molecule has 0 bridgehead atoms. The van der Waals surface area contributed by atoms with Crippen LogP contribution in [0.3, 0.4) is 0 Å². The van der Waals surface area contributed by atoms with E-state index in [0.29, 0.717) is 48.6 Å². The Bertz CT molecular complexity index is 1730. The predicted molar refractivity (Wildman–Crippen MR) is 149 cm³/mol. The second-order valence-corrected chi connectivity index (χ2v) is 10.4. The third kappa shape index (κ3) is 5.18. The molecular formula is C29H22Cl2N2O4S. The second-order valence-electron chi connectivity index (χ2n) is 8.58. The minimum Gasteiger partial charge on any atom is -0.489 e. The molecule has 0 radical (unpaired) electrons. The zero-order valence-electron chi connectivity index (χ0n) is 20.5. The number of fused-ring (bicyclic) bond motifs is 1. The number of carbonyl (C=O) groups is 1. The Morgan fingerprint density at radius 1 is 1.08 bits per heavy atom. The van der Waals surface area contributed by atoms with Crippen molar-refractivity contribution in [3.63, 3.8) is 0 Å². The Labute approximate surface area is 232 Å². The van der Waals surface area contributed by atoms with Crippen LogP contribution in [0.1, 0.15) is 29.7 Å². The van der Waals surface area contributed by atoms with Crippen LogP contribution in [0.4, 0.5) is 0 Å². The van der Waals surface area contributed by atoms with Crippen molar-refractivity contribution < 1.29 is 14.3 Å². The summed E-state index contributed by atoms with van der Waals surface area (Å²) < 4.78 is 13.0. The molecule has 4 aromatic rings. The van der Waals surface area contributed by atoms with Crippen LogP contribution in [-0.4, -0.2) is 17.6 Å². The summed E-state index contributed by atoms with van der Waals surface area (Å²) in [5, 5.41) is 0.931. The van der Waals surface area contributed by atoms with E-state index in [9.17, 15) is 9.59 Å². The molecule has 38 heavy (non-hydrogen) atoms. The number of thiazole rings is 1. The lowest BCUT2D eigenvalue weighted by Gasteiger charge is -2.24. The van der Waals surface area contributed by atoms with Crippen LogP contribution in [0.25, 0.3) is 6.08 Å². The molecule has 1 aliphatic rings. The largest absolute Gasteiger partial charge is 0.489 e. The van der Waals surface area contributed by atoms with Crippen molar-refractivity contribution in [1.82, 2.24) is 4.57 Å². The number of ether oxygens (including phenoxy) is 2. The first-order valence-electron chi connectivity index (χ1n) is 11.7. The van der Waals surface area contributed by atoms with Gasteiger partial charge in [0.05, 0.1) is 29.0 Å². The van der Waals surface area contributed by atoms with E-state index in [2.05, 4.69) is 4.99 Å². The fourth-order valence-electron chi connectivity index (χ4n) is 4.26. The van der Waals surface area contributed by atoms with Gasteiger partial charge >= 0.3 is 5.97 Å². The van der Waals surface area contributed by atoms with Gasteiger partial charge in [0.1, 0.15) is 12.4 Å². The summed E-state index contributed by atoms with van der Waals surface area (Å²) in [7, 11) is 1.31. The van der Waals surface area contributed by atoms with Gasteiger partial charge in [-0.05, 0) is 54.0 Å². The lowest BCUT2D eigenvalue weighted by atomic mass is 9.96. The van der Waals surface area contributed by atoms with Gasteiger partial charge < -0.3 is 9.47 Å². The number of allylic oxidation sites excluding steroid dienone is 1. The number of hydrogen-bond donors (Lipinski definition) is 0. The molecule has 1 aliphatic heterocycles. The lowest BCUT2D eigenvalue weighted by Crippen LogP contribution is -2.39. The van der Waals surface area contributed by atoms with Gasteiger partial charge in [-0.3, -0.25) is 9.36 Å². The molecule has 3 aromatic carbocycles. The minimum absolute atomic E-state index is 0.289. The molecule has 0 saturated carbocycles. The fraction of sp³-hybridized carbons (Fsp3) is 0.138. The molecule has 2 heterocycles. The second kappa shape index (κ2) is 11.0. The van der Waals surface area contributed by atoms with E-state index < -0.39 is 12.0 Å². The minimum atomic E-state index is -0.718. The van der Waals surface area contributed by atoms with Crippen molar-refractivity contribution >= 4 is 46.6 Å². The van der Waals surface area contributed by atoms with Gasteiger partial charge in [-0.15, -0.1) is 0 Å². The maximum atomic E-state index is 13.7. The first kappa shape index (κ1) is 26.0. The maximum Gasteiger partial charge on any atom is 0.338 e. The van der Waals surface area contributed by atoms with E-state index in [4.69, 9.17) is 32.7 Å². The van der Waals surface area contributed by atoms with Crippen molar-refractivity contribution in [1.29, 1.82) is 0 Å². The number of aromatic nitrogens is 1. The molecule has 1 aromatic heterocycles. The first-order chi connectivity index (χ1) is 18.4. The molecule has 192 valence electrons. The lowest BCUT2D eigenvalue weighted by molar-refractivity contribution is -0.136. The molecule has 0 N–H and O–H groups in total.